The Hall–Kier alpha value is -6.18. The molecule has 1 aliphatic rings. The van der Waals surface area contributed by atoms with E-state index in [0.29, 0.717) is 22.7 Å². The number of imidazole rings is 1. The predicted molar refractivity (Wildman–Crippen MR) is 349 cm³/mol. The quantitative estimate of drug-likeness (QED) is 0.0400. The minimum atomic E-state index is -1.60. The van der Waals surface area contributed by atoms with Gasteiger partial charge in [-0.1, -0.05) is 114 Å². The van der Waals surface area contributed by atoms with Gasteiger partial charge in [-0.05, 0) is 75.9 Å². The van der Waals surface area contributed by atoms with E-state index in [4.69, 9.17) is 48.9 Å². The average Bonchev–Trinajstić information content (AvgIpc) is 3.37. The lowest BCUT2D eigenvalue weighted by Gasteiger charge is -2.30. The average molecular weight is 1310 g/mol. The number of thioether (sulfide) groups is 2. The van der Waals surface area contributed by atoms with Crippen molar-refractivity contribution in [1.29, 1.82) is 0 Å². The molecule has 13 atom stereocenters. The third-order valence-electron chi connectivity index (χ3n) is 13.7. The number of aliphatic hydroxyl groups is 1. The Morgan fingerprint density at radius 3 is 1.86 bits per heavy atom. The molecule has 3 rings (SSSR count). The van der Waals surface area contributed by atoms with Gasteiger partial charge in [-0.15, -0.1) is 11.8 Å². The van der Waals surface area contributed by atoms with Gasteiger partial charge in [0.1, 0.15) is 54.6 Å². The predicted octanol–water partition coefficient (Wildman–Crippen LogP) is 0.138. The van der Waals surface area contributed by atoms with Crippen LogP contribution in [0.1, 0.15) is 99.9 Å². The summed E-state index contributed by atoms with van der Waals surface area (Å²) in [6, 6.07) is -2.30. The highest BCUT2D eigenvalue weighted by Gasteiger charge is 2.38. The number of amides is 8. The SMILES string of the molecule is CSCCC(NC(=S)C(NC(=O)C(C)=O)C(C)C)C(=S)NC(C)C(=O)NC(C)C(=S)NC(C)C(=S)NC(C)C(=O)NC1C(=O)NC(C(C)C)C(=O)NC(C)C(=O)NC(Cc2ccccc2)C(=O)NC(C(O)c2c[n+](C)cn2C)C(=O)N/C=C\SC1C. The highest BCUT2D eigenvalue weighted by Crippen LogP contribution is 2.20. The maximum atomic E-state index is 14.4. The van der Waals surface area contributed by atoms with E-state index in [-0.39, 0.29) is 33.0 Å². The molecule has 0 spiro atoms. The van der Waals surface area contributed by atoms with Crippen LogP contribution in [0.3, 0.4) is 0 Å². The van der Waals surface area contributed by atoms with E-state index in [1.165, 1.54) is 32.4 Å². The van der Waals surface area contributed by atoms with Gasteiger partial charge in [-0.25, -0.2) is 9.13 Å². The highest BCUT2D eigenvalue weighted by atomic mass is 32.2. The summed E-state index contributed by atoms with van der Waals surface area (Å²) in [7, 11) is 3.38. The summed E-state index contributed by atoms with van der Waals surface area (Å²) in [5.41, 5.74) is 0.944. The summed E-state index contributed by atoms with van der Waals surface area (Å²) >= 11 is 25.4. The number of aryl methyl sites for hydroxylation is 2. The highest BCUT2D eigenvalue weighted by molar-refractivity contribution is 8.02. The number of thiocarbonyl (C=S) groups is 4. The largest absolute Gasteiger partial charge is 0.382 e. The normalized spacial score (nSPS) is 21.8. The fourth-order valence-electron chi connectivity index (χ4n) is 8.43. The zero-order chi connectivity index (χ0) is 64.9. The Balaban J connectivity index is 1.79. The van der Waals surface area contributed by atoms with Crippen LogP contribution in [0.5, 0.6) is 0 Å². The van der Waals surface area contributed by atoms with Crippen LogP contribution in [-0.4, -0.2) is 166 Å². The molecule has 2 aromatic rings. The lowest BCUT2D eigenvalue weighted by Crippen LogP contribution is -2.61. The molecule has 0 bridgehead atoms. The number of nitrogens with one attached hydrogen (secondary N) is 12. The van der Waals surface area contributed by atoms with Crippen LogP contribution in [0.25, 0.3) is 0 Å². The first-order chi connectivity index (χ1) is 40.3. The molecule has 2 heterocycles. The first-order valence-electron chi connectivity index (χ1n) is 28.0. The summed E-state index contributed by atoms with van der Waals surface area (Å²) in [6.45, 7) is 17.8. The van der Waals surface area contributed by atoms with E-state index in [0.717, 1.165) is 11.8 Å². The van der Waals surface area contributed by atoms with Crippen LogP contribution < -0.4 is 68.4 Å². The molecule has 1 aromatic carbocycles. The number of ketones is 1. The van der Waals surface area contributed by atoms with Gasteiger partial charge >= 0.3 is 0 Å². The van der Waals surface area contributed by atoms with Crippen molar-refractivity contribution in [1.82, 2.24) is 68.4 Å². The Morgan fingerprint density at radius 1 is 0.709 bits per heavy atom. The van der Waals surface area contributed by atoms with E-state index in [1.807, 2.05) is 20.1 Å². The van der Waals surface area contributed by atoms with Crippen LogP contribution >= 0.6 is 72.4 Å². The second kappa shape index (κ2) is 35.6. The number of aromatic nitrogens is 2. The number of Topliss-reactive ketones (excluding diaryl/α,β-unsaturated/α-hetero) is 1. The molecule has 0 aliphatic carbocycles. The molecular weight excluding hydrogens is 1220 g/mol. The Kier molecular flexibility index (Phi) is 30.6. The van der Waals surface area contributed by atoms with Crippen LogP contribution in [0, 0.1) is 11.8 Å². The van der Waals surface area contributed by atoms with Gasteiger partial charge in [0.15, 0.2) is 5.69 Å². The molecule has 8 amide bonds. The number of hydrogen-bond donors (Lipinski definition) is 13. The molecule has 24 nitrogen and oxygen atoms in total. The lowest BCUT2D eigenvalue weighted by atomic mass is 10.0. The van der Waals surface area contributed by atoms with Crippen LogP contribution in [-0.2, 0) is 63.7 Å². The molecule has 0 saturated heterocycles. The summed E-state index contributed by atoms with van der Waals surface area (Å²) in [5.74, 6) is -6.36. The number of carbonyl (C=O) groups excluding carboxylic acids is 9. The number of carbonyl (C=O) groups is 9. The van der Waals surface area contributed by atoms with Gasteiger partial charge in [0.2, 0.25) is 53.5 Å². The van der Waals surface area contributed by atoms with E-state index >= 15 is 0 Å². The number of nitrogens with zero attached hydrogens (tertiary/aromatic N) is 2. The Labute approximate surface area is 533 Å². The standard InChI is InChI=1S/C56H84N14O10S6/c1-27(2)40-51(79)58-29(5)46(74)63-38(24-36-18-16-15-17-19-36)49(77)68-43(44(72)39-25-69(12)26-70(39)13)50(78)57-21-23-86-35(11)42(52(80)65-40)67-47(75)31(7)60-54(82)33(9)62-53(81)32(8)59-45(73)30(6)61-55(83)37(20-22-85-14)64-56(84)41(28(3)4)66-48(76)34(10)71/h15-19,21,23,25-33,35,37-38,40-44,72H,20,22,24H2,1-14H3,(H11-,57,58,59,60,61,62,63,64,65,66,67,68,73,74,75,76,77,78,79,80,81,82,83,84)/p+1/b23-21-. The zero-order valence-electron chi connectivity index (χ0n) is 50.9. The van der Waals surface area contributed by atoms with Crippen molar-refractivity contribution in [3.8, 4) is 0 Å². The van der Waals surface area contributed by atoms with Crippen molar-refractivity contribution in [2.45, 2.75) is 167 Å². The number of hydrogen-bond acceptors (Lipinski definition) is 16. The molecule has 86 heavy (non-hydrogen) atoms. The fraction of sp³-hybridized carbons (Fsp3) is 0.571. The summed E-state index contributed by atoms with van der Waals surface area (Å²) in [4.78, 5) is 123. The van der Waals surface area contributed by atoms with Gasteiger partial charge in [0, 0.05) is 24.8 Å². The topological polar surface area (TPSA) is 327 Å². The van der Waals surface area contributed by atoms with Crippen molar-refractivity contribution in [3.63, 3.8) is 0 Å². The van der Waals surface area contributed by atoms with Gasteiger partial charge < -0.3 is 68.9 Å². The molecule has 30 heteroatoms. The van der Waals surface area contributed by atoms with Crippen molar-refractivity contribution < 1.29 is 52.8 Å². The zero-order valence-corrected chi connectivity index (χ0v) is 55.8. The molecule has 1 aliphatic heterocycles. The van der Waals surface area contributed by atoms with E-state index in [1.54, 1.807) is 119 Å². The number of aliphatic hydroxyl groups excluding tert-OH is 1. The molecular formula is C56H85N14O10S6+. The molecule has 0 saturated carbocycles. The maximum absolute atomic E-state index is 14.4. The minimum absolute atomic E-state index is 0.0247. The van der Waals surface area contributed by atoms with Gasteiger partial charge in [-0.2, -0.15) is 11.8 Å². The van der Waals surface area contributed by atoms with Crippen LogP contribution in [0.15, 0.2) is 54.5 Å². The van der Waals surface area contributed by atoms with Gasteiger partial charge in [-0.3, -0.25) is 43.2 Å². The maximum Gasteiger partial charge on any atom is 0.287 e. The first kappa shape index (κ1) is 74.1. The smallest absolute Gasteiger partial charge is 0.287 e. The molecule has 0 fully saturated rings. The van der Waals surface area contributed by atoms with E-state index < -0.39 is 137 Å². The first-order valence-corrected chi connectivity index (χ1v) is 31.9. The van der Waals surface area contributed by atoms with E-state index in [2.05, 4.69) is 63.8 Å². The molecule has 13 N–H and O–H groups in total. The summed E-state index contributed by atoms with van der Waals surface area (Å²) in [5, 5.41) is 46.4. The van der Waals surface area contributed by atoms with Gasteiger partial charge in [0.05, 0.1) is 58.2 Å². The molecule has 474 valence electrons. The van der Waals surface area contributed by atoms with Crippen molar-refractivity contribution in [2.24, 2.45) is 25.9 Å². The lowest BCUT2D eigenvalue weighted by molar-refractivity contribution is -0.671. The van der Waals surface area contributed by atoms with E-state index in [9.17, 15) is 48.3 Å². The molecule has 1 aromatic heterocycles. The Morgan fingerprint density at radius 2 is 1.29 bits per heavy atom. The summed E-state index contributed by atoms with van der Waals surface area (Å²) < 4.78 is 3.24. The van der Waals surface area contributed by atoms with Crippen molar-refractivity contribution in [3.05, 3.63) is 65.7 Å². The Bertz CT molecular complexity index is 2820. The second-order valence-corrected chi connectivity index (χ2v) is 25.8. The van der Waals surface area contributed by atoms with Gasteiger partial charge in [0.25, 0.3) is 5.91 Å². The third-order valence-corrected chi connectivity index (χ3v) is 17.0. The third kappa shape index (κ3) is 23.2. The van der Waals surface area contributed by atoms with Crippen LogP contribution in [0.2, 0.25) is 0 Å². The van der Waals surface area contributed by atoms with Crippen LogP contribution in [0.4, 0.5) is 0 Å². The second-order valence-electron chi connectivity index (χ2n) is 21.7. The molecule has 13 unspecified atom stereocenters. The number of rotatable bonds is 23. The molecule has 0 radical (unpaired) electrons. The fourth-order valence-corrected chi connectivity index (χ4v) is 10.9. The van der Waals surface area contributed by atoms with Crippen molar-refractivity contribution in [2.75, 3.05) is 12.0 Å². The number of benzene rings is 1. The minimum Gasteiger partial charge on any atom is -0.382 e. The summed E-state index contributed by atoms with van der Waals surface area (Å²) in [6.07, 6.45) is 5.36. The monoisotopic (exact) mass is 1310 g/mol. The van der Waals surface area contributed by atoms with Crippen molar-refractivity contribution >= 4 is 145 Å².